The number of nitrogens with one attached hydrogen (secondary N) is 3. The number of carboxylic acid groups (broad SMARTS) is 2. The highest BCUT2D eigenvalue weighted by atomic mass is 35.5. The van der Waals surface area contributed by atoms with Crippen LogP contribution in [-0.2, 0) is 14.4 Å². The van der Waals surface area contributed by atoms with E-state index in [1.165, 1.54) is 4.90 Å². The number of amides is 1. The first-order valence-corrected chi connectivity index (χ1v) is 10.2. The van der Waals surface area contributed by atoms with Crippen molar-refractivity contribution in [2.75, 3.05) is 32.5 Å². The Morgan fingerprint density at radius 1 is 1.12 bits per heavy atom. The number of aryl methyl sites for hydroxylation is 1. The number of aliphatic carboxylic acids is 2. The third-order valence-electron chi connectivity index (χ3n) is 4.18. The van der Waals surface area contributed by atoms with Gasteiger partial charge < -0.3 is 30.5 Å². The number of rotatable bonds is 9. The number of carbonyl (C=O) groups excluding carboxylic acids is 2. The second kappa shape index (κ2) is 13.8. The van der Waals surface area contributed by atoms with E-state index >= 15 is 0 Å². The summed E-state index contributed by atoms with van der Waals surface area (Å²) in [5.74, 6) is -2.84. The van der Waals surface area contributed by atoms with Crippen molar-refractivity contribution in [1.29, 1.82) is 0 Å². The van der Waals surface area contributed by atoms with E-state index < -0.39 is 18.0 Å². The maximum absolute atomic E-state index is 12.7. The third-order valence-corrected chi connectivity index (χ3v) is 4.42. The molecule has 4 N–H and O–H groups in total. The summed E-state index contributed by atoms with van der Waals surface area (Å²) < 4.78 is 0. The quantitative estimate of drug-likeness (QED) is 0.402. The molecule has 0 saturated carbocycles. The molecule has 0 aromatic heterocycles. The van der Waals surface area contributed by atoms with Crippen molar-refractivity contribution in [1.82, 2.24) is 5.32 Å². The molecular weight excluding hydrogens is 434 g/mol. The van der Waals surface area contributed by atoms with Crippen LogP contribution in [0.2, 0.25) is 5.02 Å². The van der Waals surface area contributed by atoms with Crippen LogP contribution in [0.15, 0.2) is 60.7 Å². The lowest BCUT2D eigenvalue weighted by molar-refractivity contribution is -0.856. The fourth-order valence-electron chi connectivity index (χ4n) is 2.53. The predicted molar refractivity (Wildman–Crippen MR) is 121 cm³/mol. The van der Waals surface area contributed by atoms with Crippen LogP contribution in [0, 0.1) is 6.92 Å². The second-order valence-corrected chi connectivity index (χ2v) is 7.62. The van der Waals surface area contributed by atoms with Gasteiger partial charge in [0.2, 0.25) is 5.91 Å². The fraction of sp³-hybridized carbons (Fsp3) is 0.261. The standard InChI is InChI=1S/C19H24ClN3O.C4H4O4/c1-14-9-10-16(20)13-17(14)22-18(15-7-5-4-6-8-15)19(24)21-11-12-23(2)3;5-3(6)1-2-4(7)8/h4-10,13,18,22H,11-12H2,1-3H3,(H,21,24);1-2H,(H,5,6)(H,7,8)/b;2-1-. The minimum absolute atomic E-state index is 0.0400. The smallest absolute Gasteiger partial charge is 0.328 e. The summed E-state index contributed by atoms with van der Waals surface area (Å²) in [5.41, 5.74) is 2.84. The first-order valence-electron chi connectivity index (χ1n) is 9.86. The van der Waals surface area contributed by atoms with E-state index in [4.69, 9.17) is 16.7 Å². The number of hydrogen-bond acceptors (Lipinski definition) is 5. The Balaban J connectivity index is 0.000000547. The topological polar surface area (TPSA) is 123 Å². The van der Waals surface area contributed by atoms with E-state index in [2.05, 4.69) is 24.7 Å². The van der Waals surface area contributed by atoms with Gasteiger partial charge in [0.15, 0.2) is 0 Å². The number of carbonyl (C=O) groups is 3. The van der Waals surface area contributed by atoms with Crippen molar-refractivity contribution in [3.8, 4) is 0 Å². The normalized spacial score (nSPS) is 11.4. The molecule has 2 rings (SSSR count). The molecule has 0 aliphatic heterocycles. The molecule has 0 fully saturated rings. The highest BCUT2D eigenvalue weighted by Crippen LogP contribution is 2.25. The van der Waals surface area contributed by atoms with Crippen molar-refractivity contribution in [3.05, 3.63) is 76.8 Å². The van der Waals surface area contributed by atoms with Gasteiger partial charge in [0.1, 0.15) is 6.04 Å². The SMILES string of the molecule is Cc1ccc(Cl)cc1NC(C(=O)NCC[NH+](C)C)c1ccccc1.O=C([O-])/C=C\C(=O)O. The molecule has 0 bridgehead atoms. The zero-order chi connectivity index (χ0) is 24.1. The van der Waals surface area contributed by atoms with E-state index in [1.807, 2.05) is 55.5 Å². The van der Waals surface area contributed by atoms with E-state index in [1.54, 1.807) is 0 Å². The number of benzene rings is 2. The Morgan fingerprint density at radius 3 is 2.31 bits per heavy atom. The highest BCUT2D eigenvalue weighted by molar-refractivity contribution is 6.30. The molecule has 0 radical (unpaired) electrons. The number of likely N-dealkylation sites (N-methyl/N-ethyl adjacent to an activating group) is 1. The lowest BCUT2D eigenvalue weighted by Crippen LogP contribution is -3.06. The van der Waals surface area contributed by atoms with Crippen molar-refractivity contribution < 1.29 is 29.5 Å². The van der Waals surface area contributed by atoms with Crippen LogP contribution >= 0.6 is 11.6 Å². The van der Waals surface area contributed by atoms with Gasteiger partial charge in [-0.05, 0) is 36.3 Å². The van der Waals surface area contributed by atoms with Gasteiger partial charge in [0, 0.05) is 16.8 Å². The molecule has 8 nitrogen and oxygen atoms in total. The first kappa shape index (κ1) is 26.7. The number of hydrogen-bond donors (Lipinski definition) is 4. The first-order chi connectivity index (χ1) is 15.1. The number of carboxylic acids is 2. The maximum atomic E-state index is 12.7. The summed E-state index contributed by atoms with van der Waals surface area (Å²) >= 11 is 6.10. The van der Waals surface area contributed by atoms with Crippen LogP contribution in [0.5, 0.6) is 0 Å². The summed E-state index contributed by atoms with van der Waals surface area (Å²) in [6.07, 6.45) is 0.942. The summed E-state index contributed by atoms with van der Waals surface area (Å²) in [5, 5.41) is 24.2. The van der Waals surface area contributed by atoms with Crippen LogP contribution in [-0.4, -0.2) is 50.1 Å². The maximum Gasteiger partial charge on any atom is 0.328 e. The van der Waals surface area contributed by atoms with Crippen molar-refractivity contribution in [3.63, 3.8) is 0 Å². The molecule has 32 heavy (non-hydrogen) atoms. The summed E-state index contributed by atoms with van der Waals surface area (Å²) in [4.78, 5) is 33.0. The molecule has 1 unspecified atom stereocenters. The van der Waals surface area contributed by atoms with Crippen LogP contribution < -0.4 is 20.6 Å². The summed E-state index contributed by atoms with van der Waals surface area (Å²) in [6.45, 7) is 3.51. The van der Waals surface area contributed by atoms with Crippen LogP contribution in [0.4, 0.5) is 5.69 Å². The summed E-state index contributed by atoms with van der Waals surface area (Å²) in [7, 11) is 4.13. The number of anilines is 1. The molecule has 1 amide bonds. The molecular formula is C23H28ClN3O5. The van der Waals surface area contributed by atoms with Gasteiger partial charge in [0.05, 0.1) is 33.2 Å². The lowest BCUT2D eigenvalue weighted by Gasteiger charge is -2.21. The van der Waals surface area contributed by atoms with Gasteiger partial charge in [-0.25, -0.2) is 4.79 Å². The average molecular weight is 462 g/mol. The minimum atomic E-state index is -1.51. The van der Waals surface area contributed by atoms with Crippen LogP contribution in [0.25, 0.3) is 0 Å². The Labute approximate surface area is 192 Å². The number of halogens is 1. The zero-order valence-electron chi connectivity index (χ0n) is 18.2. The lowest BCUT2D eigenvalue weighted by atomic mass is 10.0. The average Bonchev–Trinajstić information content (AvgIpc) is 2.73. The van der Waals surface area contributed by atoms with Crippen molar-refractivity contribution in [2.45, 2.75) is 13.0 Å². The Kier molecular flexibility index (Phi) is 11.5. The van der Waals surface area contributed by atoms with E-state index in [-0.39, 0.29) is 5.91 Å². The van der Waals surface area contributed by atoms with Crippen molar-refractivity contribution in [2.24, 2.45) is 0 Å². The van der Waals surface area contributed by atoms with Gasteiger partial charge in [-0.1, -0.05) is 48.0 Å². The largest absolute Gasteiger partial charge is 0.545 e. The minimum Gasteiger partial charge on any atom is -0.545 e. The zero-order valence-corrected chi connectivity index (χ0v) is 19.0. The molecule has 0 saturated heterocycles. The van der Waals surface area contributed by atoms with Crippen LogP contribution in [0.1, 0.15) is 17.2 Å². The van der Waals surface area contributed by atoms with E-state index in [9.17, 15) is 19.5 Å². The van der Waals surface area contributed by atoms with Gasteiger partial charge in [-0.2, -0.15) is 0 Å². The molecule has 0 aliphatic rings. The van der Waals surface area contributed by atoms with Gasteiger partial charge >= 0.3 is 5.97 Å². The highest BCUT2D eigenvalue weighted by Gasteiger charge is 2.21. The van der Waals surface area contributed by atoms with E-state index in [0.717, 1.165) is 23.4 Å². The Bertz CT molecular complexity index is 916. The molecule has 2 aromatic rings. The molecule has 0 heterocycles. The molecule has 0 spiro atoms. The number of quaternary nitrogens is 1. The van der Waals surface area contributed by atoms with Crippen molar-refractivity contribution >= 4 is 35.1 Å². The predicted octanol–water partition coefficient (Wildman–Crippen LogP) is 0.439. The van der Waals surface area contributed by atoms with Gasteiger partial charge in [-0.15, -0.1) is 0 Å². The molecule has 2 aromatic carbocycles. The molecule has 1 atom stereocenters. The second-order valence-electron chi connectivity index (χ2n) is 7.19. The summed E-state index contributed by atoms with van der Waals surface area (Å²) in [6, 6.07) is 14.9. The molecule has 9 heteroatoms. The fourth-order valence-corrected chi connectivity index (χ4v) is 2.70. The Morgan fingerprint density at radius 2 is 1.78 bits per heavy atom. The van der Waals surface area contributed by atoms with Gasteiger partial charge in [-0.3, -0.25) is 4.79 Å². The Hall–Kier alpha value is -3.36. The van der Waals surface area contributed by atoms with E-state index in [0.29, 0.717) is 23.7 Å². The van der Waals surface area contributed by atoms with Gasteiger partial charge in [0.25, 0.3) is 0 Å². The third kappa shape index (κ3) is 10.6. The monoisotopic (exact) mass is 461 g/mol. The molecule has 172 valence electrons. The van der Waals surface area contributed by atoms with Crippen LogP contribution in [0.3, 0.4) is 0 Å². The molecule has 0 aliphatic carbocycles.